The van der Waals surface area contributed by atoms with Gasteiger partial charge in [-0.3, -0.25) is 9.78 Å². The number of amides is 1. The normalized spacial score (nSPS) is 18.4. The summed E-state index contributed by atoms with van der Waals surface area (Å²) in [6.45, 7) is 0. The summed E-state index contributed by atoms with van der Waals surface area (Å²) in [6, 6.07) is 16.6. The van der Waals surface area contributed by atoms with Gasteiger partial charge in [0.05, 0.1) is 17.3 Å². The molecule has 0 radical (unpaired) electrons. The van der Waals surface area contributed by atoms with Crippen molar-refractivity contribution in [3.8, 4) is 11.3 Å². The van der Waals surface area contributed by atoms with E-state index in [0.717, 1.165) is 11.1 Å². The number of rotatable bonds is 4. The summed E-state index contributed by atoms with van der Waals surface area (Å²) in [5.74, 6) is -1.42. The molecule has 1 aliphatic heterocycles. The number of hydrogen-bond acceptors (Lipinski definition) is 3. The highest BCUT2D eigenvalue weighted by molar-refractivity contribution is 6.33. The van der Waals surface area contributed by atoms with E-state index in [1.807, 2.05) is 30.3 Å². The summed E-state index contributed by atoms with van der Waals surface area (Å²) in [7, 11) is 0. The van der Waals surface area contributed by atoms with Crippen LogP contribution in [0.5, 0.6) is 0 Å². The lowest BCUT2D eigenvalue weighted by atomic mass is 10.0. The third-order valence-corrected chi connectivity index (χ3v) is 6.00. The molecule has 152 valence electrons. The molecule has 1 fully saturated rings. The van der Waals surface area contributed by atoms with Crippen LogP contribution in [0.15, 0.2) is 66.9 Å². The lowest BCUT2D eigenvalue weighted by molar-refractivity contribution is -0.141. The minimum atomic E-state index is -1.03. The monoisotopic (exact) mass is 440 g/mol. The van der Waals surface area contributed by atoms with Gasteiger partial charge in [-0.2, -0.15) is 0 Å². The number of aliphatic carboxylic acids is 1. The van der Waals surface area contributed by atoms with Gasteiger partial charge in [-0.25, -0.2) is 4.79 Å². The maximum Gasteiger partial charge on any atom is 0.326 e. The Morgan fingerprint density at radius 1 is 0.933 bits per heavy atom. The summed E-state index contributed by atoms with van der Waals surface area (Å²) in [4.78, 5) is 30.9. The van der Waals surface area contributed by atoms with E-state index in [2.05, 4.69) is 4.98 Å². The Hall–Kier alpha value is -2.89. The fourth-order valence-electron chi connectivity index (χ4n) is 3.89. The predicted molar refractivity (Wildman–Crippen MR) is 116 cm³/mol. The molecule has 0 bridgehead atoms. The first-order valence-corrected chi connectivity index (χ1v) is 10.2. The molecule has 1 aliphatic rings. The number of halogens is 2. The second-order valence-electron chi connectivity index (χ2n) is 7.09. The van der Waals surface area contributed by atoms with Crippen molar-refractivity contribution in [2.24, 2.45) is 0 Å². The first kappa shape index (κ1) is 20.4. The average molecular weight is 441 g/mol. The van der Waals surface area contributed by atoms with Crippen LogP contribution in [0, 0.1) is 0 Å². The number of hydrogen-bond donors (Lipinski definition) is 1. The van der Waals surface area contributed by atoms with Gasteiger partial charge in [-0.05, 0) is 42.7 Å². The van der Waals surface area contributed by atoms with Crippen molar-refractivity contribution in [2.45, 2.75) is 24.9 Å². The Bertz CT molecular complexity index is 1100. The van der Waals surface area contributed by atoms with Crippen molar-refractivity contribution < 1.29 is 14.7 Å². The molecule has 1 saturated heterocycles. The van der Waals surface area contributed by atoms with Gasteiger partial charge in [0.15, 0.2) is 0 Å². The van der Waals surface area contributed by atoms with Gasteiger partial charge < -0.3 is 10.0 Å². The van der Waals surface area contributed by atoms with E-state index in [4.69, 9.17) is 23.2 Å². The minimum Gasteiger partial charge on any atom is -0.480 e. The molecule has 0 unspecified atom stereocenters. The third-order valence-electron chi connectivity index (χ3n) is 5.33. The van der Waals surface area contributed by atoms with Crippen LogP contribution in [-0.2, 0) is 4.79 Å². The van der Waals surface area contributed by atoms with Gasteiger partial charge in [-0.1, -0.05) is 59.6 Å². The summed E-state index contributed by atoms with van der Waals surface area (Å²) >= 11 is 12.6. The molecule has 4 rings (SSSR count). The number of pyridine rings is 1. The molecule has 5 nitrogen and oxygen atoms in total. The Kier molecular flexibility index (Phi) is 5.75. The number of carbonyl (C=O) groups is 2. The van der Waals surface area contributed by atoms with Crippen LogP contribution in [-0.4, -0.2) is 32.9 Å². The zero-order valence-corrected chi connectivity index (χ0v) is 17.3. The van der Waals surface area contributed by atoms with Crippen LogP contribution in [0.4, 0.5) is 0 Å². The largest absolute Gasteiger partial charge is 0.480 e. The zero-order chi connectivity index (χ0) is 21.3. The van der Waals surface area contributed by atoms with E-state index in [9.17, 15) is 14.7 Å². The summed E-state index contributed by atoms with van der Waals surface area (Å²) in [5.41, 5.74) is 2.46. The first-order chi connectivity index (χ1) is 14.5. The Morgan fingerprint density at radius 3 is 2.27 bits per heavy atom. The SMILES string of the molecule is O=C(O)[C@@H]1CC[C@H](c2ccccc2Cl)N1C(=O)c1ccc(-c2ccccc2Cl)nc1. The number of aromatic nitrogens is 1. The molecule has 2 heterocycles. The van der Waals surface area contributed by atoms with Crippen molar-refractivity contribution in [2.75, 3.05) is 0 Å². The van der Waals surface area contributed by atoms with Crippen molar-refractivity contribution in [1.82, 2.24) is 9.88 Å². The van der Waals surface area contributed by atoms with Gasteiger partial charge in [0, 0.05) is 21.8 Å². The highest BCUT2D eigenvalue weighted by Gasteiger charge is 2.42. The molecule has 0 aliphatic carbocycles. The van der Waals surface area contributed by atoms with Crippen LogP contribution in [0.3, 0.4) is 0 Å². The van der Waals surface area contributed by atoms with Crippen LogP contribution < -0.4 is 0 Å². The van der Waals surface area contributed by atoms with Gasteiger partial charge in [0.25, 0.3) is 5.91 Å². The number of carboxylic acid groups (broad SMARTS) is 1. The maximum absolute atomic E-state index is 13.3. The molecular formula is C23H18Cl2N2O3. The van der Waals surface area contributed by atoms with Crippen molar-refractivity contribution in [3.63, 3.8) is 0 Å². The van der Waals surface area contributed by atoms with E-state index in [1.165, 1.54) is 11.1 Å². The summed E-state index contributed by atoms with van der Waals surface area (Å²) in [5, 5.41) is 10.8. The quantitative estimate of drug-likeness (QED) is 0.582. The molecule has 30 heavy (non-hydrogen) atoms. The first-order valence-electron chi connectivity index (χ1n) is 9.48. The van der Waals surface area contributed by atoms with Crippen LogP contribution >= 0.6 is 23.2 Å². The van der Waals surface area contributed by atoms with E-state index in [1.54, 1.807) is 30.3 Å². The smallest absolute Gasteiger partial charge is 0.326 e. The fraction of sp³-hybridized carbons (Fsp3) is 0.174. The fourth-order valence-corrected chi connectivity index (χ4v) is 4.38. The zero-order valence-electron chi connectivity index (χ0n) is 15.8. The molecule has 1 N–H and O–H groups in total. The highest BCUT2D eigenvalue weighted by atomic mass is 35.5. The third kappa shape index (κ3) is 3.78. The molecule has 0 saturated carbocycles. The molecule has 3 aromatic rings. The molecular weight excluding hydrogens is 423 g/mol. The second-order valence-corrected chi connectivity index (χ2v) is 7.91. The second kappa shape index (κ2) is 8.46. The molecule has 0 spiro atoms. The lowest BCUT2D eigenvalue weighted by Gasteiger charge is -2.29. The van der Waals surface area contributed by atoms with Crippen molar-refractivity contribution in [1.29, 1.82) is 0 Å². The lowest BCUT2D eigenvalue weighted by Crippen LogP contribution is -2.42. The average Bonchev–Trinajstić information content (AvgIpc) is 3.19. The molecule has 1 aromatic heterocycles. The number of benzene rings is 2. The van der Waals surface area contributed by atoms with Gasteiger partial charge in [-0.15, -0.1) is 0 Å². The summed E-state index contributed by atoms with van der Waals surface area (Å²) in [6.07, 6.45) is 2.35. The molecule has 1 amide bonds. The number of nitrogens with zero attached hydrogens (tertiary/aromatic N) is 2. The topological polar surface area (TPSA) is 70.5 Å². The number of likely N-dealkylation sites (tertiary alicyclic amines) is 1. The number of carboxylic acids is 1. The van der Waals surface area contributed by atoms with Crippen LogP contribution in [0.25, 0.3) is 11.3 Å². The number of carbonyl (C=O) groups excluding carboxylic acids is 1. The van der Waals surface area contributed by atoms with Crippen LogP contribution in [0.1, 0.15) is 34.8 Å². The highest BCUT2D eigenvalue weighted by Crippen LogP contribution is 2.40. The van der Waals surface area contributed by atoms with Gasteiger partial charge in [0.2, 0.25) is 0 Å². The Labute approximate surface area is 183 Å². The van der Waals surface area contributed by atoms with E-state index in [0.29, 0.717) is 34.1 Å². The maximum atomic E-state index is 13.3. The van der Waals surface area contributed by atoms with Gasteiger partial charge in [0.1, 0.15) is 6.04 Å². The Balaban J connectivity index is 1.68. The summed E-state index contributed by atoms with van der Waals surface area (Å²) < 4.78 is 0. The Morgan fingerprint density at radius 2 is 1.63 bits per heavy atom. The van der Waals surface area contributed by atoms with E-state index < -0.39 is 18.1 Å². The van der Waals surface area contributed by atoms with E-state index in [-0.39, 0.29) is 5.91 Å². The standard InChI is InChI=1S/C23H18Cl2N2O3/c24-17-7-3-1-5-15(17)19-10-9-14(13-26-19)22(28)27-20(11-12-21(27)23(29)30)16-6-2-4-8-18(16)25/h1-10,13,20-21H,11-12H2,(H,29,30)/t20-,21+/m1/s1. The van der Waals surface area contributed by atoms with Crippen LogP contribution in [0.2, 0.25) is 10.0 Å². The van der Waals surface area contributed by atoms with Crippen molar-refractivity contribution >= 4 is 35.1 Å². The molecule has 7 heteroatoms. The molecule has 2 aromatic carbocycles. The predicted octanol–water partition coefficient (Wildman–Crippen LogP) is 5.49. The minimum absolute atomic E-state index is 0.316. The molecule has 2 atom stereocenters. The van der Waals surface area contributed by atoms with Gasteiger partial charge >= 0.3 is 5.97 Å². The van der Waals surface area contributed by atoms with Crippen molar-refractivity contribution in [3.05, 3.63) is 88.0 Å². The van der Waals surface area contributed by atoms with E-state index >= 15 is 0 Å².